The summed E-state index contributed by atoms with van der Waals surface area (Å²) in [5.41, 5.74) is -4.51. The molecule has 14 heteroatoms. The van der Waals surface area contributed by atoms with Gasteiger partial charge >= 0.3 is 12.4 Å². The number of nitrogens with zero attached hydrogens (tertiary/aromatic N) is 4. The highest BCUT2D eigenvalue weighted by atomic mass is 32.2. The van der Waals surface area contributed by atoms with Crippen molar-refractivity contribution in [2.45, 2.75) is 30.7 Å². The second-order valence-corrected chi connectivity index (χ2v) is 10.4. The molecule has 7 nitrogen and oxygen atoms in total. The molecule has 0 aliphatic rings. The molecule has 1 aromatic carbocycles. The molecule has 0 bridgehead atoms. The Morgan fingerprint density at radius 2 is 1.62 bits per heavy atom. The van der Waals surface area contributed by atoms with Crippen LogP contribution in [-0.4, -0.2) is 33.3 Å². The molecule has 4 aromatic rings. The lowest BCUT2D eigenvalue weighted by Crippen LogP contribution is -2.29. The molecule has 0 atom stereocenters. The van der Waals surface area contributed by atoms with Crippen LogP contribution in [0.5, 0.6) is 0 Å². The predicted octanol–water partition coefficient (Wildman–Crippen LogP) is 4.68. The van der Waals surface area contributed by atoms with Crippen LogP contribution in [0.2, 0.25) is 0 Å². The first-order valence-corrected chi connectivity index (χ1v) is 12.3. The number of hydrogen-bond donors (Lipinski definition) is 0. The molecule has 0 saturated heterocycles. The van der Waals surface area contributed by atoms with E-state index in [1.807, 2.05) is 0 Å². The number of aromatic nitrogens is 4. The van der Waals surface area contributed by atoms with Crippen molar-refractivity contribution in [2.24, 2.45) is 7.05 Å². The van der Waals surface area contributed by atoms with E-state index in [1.165, 1.54) is 14.0 Å². The van der Waals surface area contributed by atoms with Crippen LogP contribution in [0.1, 0.15) is 23.7 Å². The third kappa shape index (κ3) is 4.84. The summed E-state index contributed by atoms with van der Waals surface area (Å²) in [4.78, 5) is 20.2. The zero-order valence-corrected chi connectivity index (χ0v) is 20.0. The molecular formula is C23H18F6N4O3S. The molecule has 37 heavy (non-hydrogen) atoms. The lowest BCUT2D eigenvalue weighted by Gasteiger charge is -2.16. The van der Waals surface area contributed by atoms with E-state index < -0.39 is 67.4 Å². The largest absolute Gasteiger partial charge is 0.431 e. The van der Waals surface area contributed by atoms with E-state index >= 15 is 0 Å². The highest BCUT2D eigenvalue weighted by molar-refractivity contribution is 7.91. The van der Waals surface area contributed by atoms with Crippen molar-refractivity contribution in [1.29, 1.82) is 0 Å². The van der Waals surface area contributed by atoms with Crippen LogP contribution in [0, 0.1) is 0 Å². The second kappa shape index (κ2) is 9.01. The van der Waals surface area contributed by atoms with Crippen molar-refractivity contribution < 1.29 is 34.8 Å². The van der Waals surface area contributed by atoms with E-state index in [2.05, 4.69) is 9.97 Å². The van der Waals surface area contributed by atoms with Crippen molar-refractivity contribution in [3.05, 3.63) is 75.8 Å². The summed E-state index contributed by atoms with van der Waals surface area (Å²) in [5.74, 6) is -0.951. The lowest BCUT2D eigenvalue weighted by atomic mass is 10.2. The van der Waals surface area contributed by atoms with Crippen LogP contribution in [0.3, 0.4) is 0 Å². The normalized spacial score (nSPS) is 12.9. The fraction of sp³-hybridized carbons (Fsp3) is 0.261. The van der Waals surface area contributed by atoms with Gasteiger partial charge in [-0.2, -0.15) is 26.3 Å². The average molecular weight is 544 g/mol. The first-order valence-electron chi connectivity index (χ1n) is 10.7. The third-order valence-electron chi connectivity index (χ3n) is 5.71. The first-order chi connectivity index (χ1) is 17.1. The average Bonchev–Trinajstić information content (AvgIpc) is 3.16. The second-order valence-electron chi connectivity index (χ2n) is 8.10. The number of sulfone groups is 1. The van der Waals surface area contributed by atoms with Crippen LogP contribution in [0.15, 0.2) is 58.4 Å². The molecule has 196 valence electrons. The van der Waals surface area contributed by atoms with Gasteiger partial charge in [-0.25, -0.2) is 13.4 Å². The summed E-state index contributed by atoms with van der Waals surface area (Å²) >= 11 is 0. The summed E-state index contributed by atoms with van der Waals surface area (Å²) in [6.45, 7) is 0.797. The van der Waals surface area contributed by atoms with Crippen molar-refractivity contribution in [2.75, 3.05) is 5.75 Å². The smallest absolute Gasteiger partial charge is 0.321 e. The highest BCUT2D eigenvalue weighted by Gasteiger charge is 2.37. The topological polar surface area (TPSA) is 86.8 Å². The minimum absolute atomic E-state index is 0.305. The van der Waals surface area contributed by atoms with Gasteiger partial charge in [0.2, 0.25) is 0 Å². The number of imidazole rings is 1. The Labute approximate surface area is 205 Å². The molecule has 0 N–H and O–H groups in total. The molecule has 0 amide bonds. The Morgan fingerprint density at radius 1 is 0.973 bits per heavy atom. The Bertz CT molecular complexity index is 1660. The standard InChI is InChI=1S/C23H18F6N4O3S/c1-3-37(35,36)16-9-14(22(24,25)26)11-30-18(16)20-31-15-10-17(23(27,28)29)33(21(34)19(15)32(20)2)12-13-7-5-4-6-8-13/h4-11H,3,12H2,1-2H3. The maximum atomic E-state index is 13.9. The van der Waals surface area contributed by atoms with Gasteiger partial charge in [-0.1, -0.05) is 37.3 Å². The van der Waals surface area contributed by atoms with E-state index in [-0.39, 0.29) is 11.3 Å². The fourth-order valence-corrected chi connectivity index (χ4v) is 4.90. The van der Waals surface area contributed by atoms with Crippen LogP contribution in [0.4, 0.5) is 26.3 Å². The van der Waals surface area contributed by atoms with Gasteiger partial charge in [-0.3, -0.25) is 14.3 Å². The molecule has 0 saturated carbocycles. The van der Waals surface area contributed by atoms with Gasteiger partial charge in [0.05, 0.1) is 28.3 Å². The van der Waals surface area contributed by atoms with Crippen LogP contribution in [0.25, 0.3) is 22.6 Å². The number of hydrogen-bond acceptors (Lipinski definition) is 5. The minimum atomic E-state index is -4.94. The van der Waals surface area contributed by atoms with Gasteiger partial charge in [0.1, 0.15) is 16.9 Å². The number of aryl methyl sites for hydroxylation is 1. The van der Waals surface area contributed by atoms with Gasteiger partial charge in [0, 0.05) is 13.2 Å². The summed E-state index contributed by atoms with van der Waals surface area (Å²) in [5, 5.41) is 0. The van der Waals surface area contributed by atoms with Crippen molar-refractivity contribution in [3.63, 3.8) is 0 Å². The fourth-order valence-electron chi connectivity index (χ4n) is 3.85. The van der Waals surface area contributed by atoms with Crippen molar-refractivity contribution in [1.82, 2.24) is 19.1 Å². The molecule has 3 aromatic heterocycles. The van der Waals surface area contributed by atoms with Crippen LogP contribution >= 0.6 is 0 Å². The van der Waals surface area contributed by atoms with Crippen molar-refractivity contribution >= 4 is 20.9 Å². The van der Waals surface area contributed by atoms with E-state index in [9.17, 15) is 39.6 Å². The Morgan fingerprint density at radius 3 is 2.19 bits per heavy atom. The quantitative estimate of drug-likeness (QED) is 0.341. The molecule has 3 heterocycles. The first kappa shape index (κ1) is 26.4. The Kier molecular flexibility index (Phi) is 6.42. The molecule has 0 aliphatic heterocycles. The summed E-state index contributed by atoms with van der Waals surface area (Å²) in [7, 11) is -3.04. The number of halogens is 6. The Balaban J connectivity index is 2.03. The SMILES string of the molecule is CCS(=O)(=O)c1cc(C(F)(F)F)cnc1-c1nc2cc(C(F)(F)F)n(Cc3ccccc3)c(=O)c2n1C. The van der Waals surface area contributed by atoms with Crippen LogP contribution in [-0.2, 0) is 35.8 Å². The molecule has 0 aliphatic carbocycles. The van der Waals surface area contributed by atoms with Crippen molar-refractivity contribution in [3.8, 4) is 11.5 Å². The number of alkyl halides is 6. The lowest BCUT2D eigenvalue weighted by molar-refractivity contribution is -0.144. The highest BCUT2D eigenvalue weighted by Crippen LogP contribution is 2.35. The van der Waals surface area contributed by atoms with Gasteiger partial charge in [0.25, 0.3) is 5.56 Å². The summed E-state index contributed by atoms with van der Waals surface area (Å²) < 4.78 is 108. The Hall–Kier alpha value is -3.68. The number of fused-ring (bicyclic) bond motifs is 1. The summed E-state index contributed by atoms with van der Waals surface area (Å²) in [6.07, 6.45) is -9.44. The molecule has 0 unspecified atom stereocenters. The maximum Gasteiger partial charge on any atom is 0.431 e. The van der Waals surface area contributed by atoms with Gasteiger partial charge in [-0.05, 0) is 17.7 Å². The molecule has 0 fully saturated rings. The van der Waals surface area contributed by atoms with E-state index in [0.29, 0.717) is 28.5 Å². The zero-order valence-electron chi connectivity index (χ0n) is 19.2. The van der Waals surface area contributed by atoms with E-state index in [1.54, 1.807) is 30.3 Å². The van der Waals surface area contributed by atoms with E-state index in [0.717, 1.165) is 4.57 Å². The third-order valence-corrected chi connectivity index (χ3v) is 7.46. The minimum Gasteiger partial charge on any atom is -0.321 e. The van der Waals surface area contributed by atoms with E-state index in [4.69, 9.17) is 0 Å². The zero-order chi connectivity index (χ0) is 27.3. The molecule has 0 spiro atoms. The molecule has 4 rings (SSSR count). The maximum absolute atomic E-state index is 13.9. The van der Waals surface area contributed by atoms with Gasteiger partial charge in [0.15, 0.2) is 15.7 Å². The number of rotatable bonds is 5. The van der Waals surface area contributed by atoms with Gasteiger partial charge < -0.3 is 4.57 Å². The predicted molar refractivity (Wildman–Crippen MR) is 121 cm³/mol. The summed E-state index contributed by atoms with van der Waals surface area (Å²) in [6, 6.07) is 8.97. The molecular weight excluding hydrogens is 526 g/mol. The van der Waals surface area contributed by atoms with Crippen LogP contribution < -0.4 is 5.56 Å². The monoisotopic (exact) mass is 544 g/mol. The molecule has 0 radical (unpaired) electrons. The number of benzene rings is 1. The number of pyridine rings is 2. The van der Waals surface area contributed by atoms with Gasteiger partial charge in [-0.15, -0.1) is 0 Å².